The maximum Gasteiger partial charge on any atom is 0.233 e. The quantitative estimate of drug-likeness (QED) is 0.114. The van der Waals surface area contributed by atoms with Gasteiger partial charge in [-0.3, -0.25) is 33.7 Å². The molecule has 1 aliphatic heterocycles. The number of imide groups is 1. The normalized spacial score (nSPS) is 16.7. The smallest absolute Gasteiger partial charge is 0.233 e. The van der Waals surface area contributed by atoms with Gasteiger partial charge in [-0.1, -0.05) is 62.3 Å². The molecule has 0 aromatic rings. The van der Waals surface area contributed by atoms with Crippen LogP contribution < -0.4 is 10.6 Å². The van der Waals surface area contributed by atoms with Crippen molar-refractivity contribution in [2.24, 2.45) is 28.6 Å². The molecule has 0 aromatic carbocycles. The predicted molar refractivity (Wildman–Crippen MR) is 180 cm³/mol. The highest BCUT2D eigenvalue weighted by atomic mass is 16.6. The summed E-state index contributed by atoms with van der Waals surface area (Å²) in [5.41, 5.74) is -0.818. The second-order valence-corrected chi connectivity index (χ2v) is 14.8. The molecule has 0 bridgehead atoms. The van der Waals surface area contributed by atoms with E-state index in [2.05, 4.69) is 10.6 Å². The van der Waals surface area contributed by atoms with E-state index in [-0.39, 0.29) is 91.3 Å². The van der Waals surface area contributed by atoms with Crippen molar-refractivity contribution in [3.05, 3.63) is 0 Å². The van der Waals surface area contributed by atoms with Crippen LogP contribution in [0.4, 0.5) is 0 Å². The van der Waals surface area contributed by atoms with Gasteiger partial charge in [0.1, 0.15) is 5.78 Å². The van der Waals surface area contributed by atoms with E-state index in [1.54, 1.807) is 6.92 Å². The molecule has 4 amide bonds. The molecule has 276 valence electrons. The summed E-state index contributed by atoms with van der Waals surface area (Å²) in [6.07, 6.45) is 0.454. The van der Waals surface area contributed by atoms with E-state index in [1.807, 2.05) is 55.4 Å². The molecule has 48 heavy (non-hydrogen) atoms. The Kier molecular flexibility index (Phi) is 19.3. The first-order valence-electron chi connectivity index (χ1n) is 17.1. The molecule has 1 rings (SSSR count). The highest BCUT2D eigenvalue weighted by molar-refractivity contribution is 6.04. The van der Waals surface area contributed by atoms with Crippen molar-refractivity contribution < 1.29 is 47.7 Å². The van der Waals surface area contributed by atoms with Crippen LogP contribution in [0.3, 0.4) is 0 Å². The molecule has 1 fully saturated rings. The van der Waals surface area contributed by atoms with Crippen molar-refractivity contribution in [1.82, 2.24) is 15.5 Å². The van der Waals surface area contributed by atoms with Crippen LogP contribution in [0.15, 0.2) is 0 Å². The molecule has 0 aliphatic carbocycles. The van der Waals surface area contributed by atoms with E-state index in [1.165, 1.54) is 4.90 Å². The van der Waals surface area contributed by atoms with E-state index in [9.17, 15) is 28.8 Å². The van der Waals surface area contributed by atoms with Crippen molar-refractivity contribution >= 4 is 35.2 Å². The SMILES string of the molecule is CC(C)[C@H](NC(=O)CCOCCOCCOCCOCCNC(=O)CCN1C(=O)CC(C(C)(C)C)C1=O)C(=O)C[C@@H](C)C(=O)C(C)(C)C. The van der Waals surface area contributed by atoms with Gasteiger partial charge < -0.3 is 29.6 Å². The van der Waals surface area contributed by atoms with Gasteiger partial charge in [0.25, 0.3) is 0 Å². The standard InChI is InChI=1S/C35H61N3O10/c1-24(2)31(27(39)22-25(3)32(43)35(7,8)9)37-29(41)11-14-45-16-18-47-20-21-48-19-17-46-15-12-36-28(40)10-13-38-30(42)23-26(33(38)44)34(4,5)6/h24-26,31H,10-23H2,1-9H3,(H,36,40)(H,37,41)/t25-,26?,31+/m1/s1. The minimum absolute atomic E-state index is 0.0251. The Hall–Kier alpha value is -2.74. The number of ketones is 2. The molecule has 1 aliphatic rings. The summed E-state index contributed by atoms with van der Waals surface area (Å²) in [6, 6.07) is -0.651. The van der Waals surface area contributed by atoms with E-state index in [0.717, 1.165) is 0 Å². The summed E-state index contributed by atoms with van der Waals surface area (Å²) in [5.74, 6) is -1.94. The maximum atomic E-state index is 12.8. The number of carbonyl (C=O) groups excluding carboxylic acids is 6. The van der Waals surface area contributed by atoms with Gasteiger partial charge in [0.15, 0.2) is 5.78 Å². The van der Waals surface area contributed by atoms with Gasteiger partial charge in [-0.25, -0.2) is 0 Å². The van der Waals surface area contributed by atoms with Gasteiger partial charge in [0.2, 0.25) is 23.6 Å². The Morgan fingerprint density at radius 1 is 0.771 bits per heavy atom. The van der Waals surface area contributed by atoms with Gasteiger partial charge >= 0.3 is 0 Å². The van der Waals surface area contributed by atoms with Crippen molar-refractivity contribution in [2.75, 3.05) is 65.9 Å². The molecule has 13 heteroatoms. The van der Waals surface area contributed by atoms with Gasteiger partial charge in [0, 0.05) is 50.1 Å². The Morgan fingerprint density at radius 2 is 1.29 bits per heavy atom. The van der Waals surface area contributed by atoms with Gasteiger partial charge in [0.05, 0.1) is 64.8 Å². The topological polar surface area (TPSA) is 167 Å². The molecule has 13 nitrogen and oxygen atoms in total. The second kappa shape index (κ2) is 21.4. The fourth-order valence-corrected chi connectivity index (χ4v) is 5.21. The number of Topliss-reactive ketones (excluding diaryl/α,β-unsaturated/α-hetero) is 2. The Labute approximate surface area is 286 Å². The van der Waals surface area contributed by atoms with Crippen LogP contribution in [-0.4, -0.2) is 112 Å². The van der Waals surface area contributed by atoms with Crippen LogP contribution in [-0.2, 0) is 47.7 Å². The molecule has 0 aromatic heterocycles. The fraction of sp³-hybridized carbons (Fsp3) is 0.829. The van der Waals surface area contributed by atoms with Gasteiger partial charge in [-0.05, 0) is 11.3 Å². The molecule has 0 spiro atoms. The zero-order valence-corrected chi connectivity index (χ0v) is 30.7. The highest BCUT2D eigenvalue weighted by Gasteiger charge is 2.44. The van der Waals surface area contributed by atoms with Crippen molar-refractivity contribution in [3.63, 3.8) is 0 Å². The molecule has 0 saturated carbocycles. The average Bonchev–Trinajstić information content (AvgIpc) is 3.28. The molecule has 1 heterocycles. The Bertz CT molecular complexity index is 1060. The molecule has 3 atom stereocenters. The lowest BCUT2D eigenvalue weighted by Gasteiger charge is -2.25. The Balaban J connectivity index is 2.03. The maximum absolute atomic E-state index is 12.8. The number of nitrogens with zero attached hydrogens (tertiary/aromatic N) is 1. The summed E-state index contributed by atoms with van der Waals surface area (Å²) in [7, 11) is 0. The first kappa shape index (κ1) is 43.3. The number of amides is 4. The summed E-state index contributed by atoms with van der Waals surface area (Å²) >= 11 is 0. The van der Waals surface area contributed by atoms with E-state index in [0.29, 0.717) is 52.8 Å². The van der Waals surface area contributed by atoms with Crippen LogP contribution >= 0.6 is 0 Å². The first-order chi connectivity index (χ1) is 22.4. The number of hydrogen-bond acceptors (Lipinski definition) is 10. The van der Waals surface area contributed by atoms with Crippen LogP contribution in [0.1, 0.15) is 88.0 Å². The highest BCUT2D eigenvalue weighted by Crippen LogP contribution is 2.35. The molecular formula is C35H61N3O10. The van der Waals surface area contributed by atoms with Crippen LogP contribution in [0.2, 0.25) is 0 Å². The van der Waals surface area contributed by atoms with Crippen molar-refractivity contribution in [3.8, 4) is 0 Å². The van der Waals surface area contributed by atoms with E-state index in [4.69, 9.17) is 18.9 Å². The summed E-state index contributed by atoms with van der Waals surface area (Å²) in [4.78, 5) is 75.7. The molecule has 2 N–H and O–H groups in total. The van der Waals surface area contributed by atoms with E-state index >= 15 is 0 Å². The average molecular weight is 684 g/mol. The lowest BCUT2D eigenvalue weighted by Crippen LogP contribution is -2.45. The second-order valence-electron chi connectivity index (χ2n) is 14.8. The zero-order chi connectivity index (χ0) is 36.5. The van der Waals surface area contributed by atoms with E-state index < -0.39 is 17.4 Å². The third-order valence-electron chi connectivity index (χ3n) is 8.03. The molecule has 1 unspecified atom stereocenters. The lowest BCUT2D eigenvalue weighted by molar-refractivity contribution is -0.140. The van der Waals surface area contributed by atoms with Gasteiger partial charge in [-0.15, -0.1) is 0 Å². The number of likely N-dealkylation sites (tertiary alicyclic amines) is 1. The predicted octanol–water partition coefficient (Wildman–Crippen LogP) is 2.72. The van der Waals surface area contributed by atoms with Crippen LogP contribution in [0.25, 0.3) is 0 Å². The summed E-state index contributed by atoms with van der Waals surface area (Å²) in [5, 5.41) is 5.52. The monoisotopic (exact) mass is 683 g/mol. The third-order valence-corrected chi connectivity index (χ3v) is 8.03. The van der Waals surface area contributed by atoms with Crippen LogP contribution in [0, 0.1) is 28.6 Å². The largest absolute Gasteiger partial charge is 0.379 e. The minimum atomic E-state index is -0.651. The fourth-order valence-electron chi connectivity index (χ4n) is 5.21. The number of ether oxygens (including phenoxy) is 4. The number of nitrogens with one attached hydrogen (secondary N) is 2. The third kappa shape index (κ3) is 16.6. The molecule has 0 radical (unpaired) electrons. The van der Waals surface area contributed by atoms with Gasteiger partial charge in [-0.2, -0.15) is 0 Å². The van der Waals surface area contributed by atoms with Crippen LogP contribution in [0.5, 0.6) is 0 Å². The minimum Gasteiger partial charge on any atom is -0.379 e. The lowest BCUT2D eigenvalue weighted by atomic mass is 9.80. The number of carbonyl (C=O) groups is 6. The summed E-state index contributed by atoms with van der Waals surface area (Å²) < 4.78 is 21.8. The Morgan fingerprint density at radius 3 is 1.77 bits per heavy atom. The first-order valence-corrected chi connectivity index (χ1v) is 17.1. The number of rotatable bonds is 24. The summed E-state index contributed by atoms with van der Waals surface area (Å²) in [6.45, 7) is 19.8. The molecular weight excluding hydrogens is 622 g/mol. The zero-order valence-electron chi connectivity index (χ0n) is 30.7. The number of hydrogen-bond donors (Lipinski definition) is 2. The molecule has 1 saturated heterocycles. The van der Waals surface area contributed by atoms with Crippen molar-refractivity contribution in [1.29, 1.82) is 0 Å². The van der Waals surface area contributed by atoms with Crippen molar-refractivity contribution in [2.45, 2.75) is 94.0 Å².